The first-order valence-electron chi connectivity index (χ1n) is 5.89. The van der Waals surface area contributed by atoms with E-state index in [9.17, 15) is 9.90 Å². The topological polar surface area (TPSA) is 75.4 Å². The van der Waals surface area contributed by atoms with E-state index in [2.05, 4.69) is 5.16 Å². The zero-order chi connectivity index (χ0) is 13.8. The molecule has 19 heavy (non-hydrogen) atoms. The van der Waals surface area contributed by atoms with Crippen molar-refractivity contribution in [2.75, 3.05) is 0 Å². The zero-order valence-electron chi connectivity index (χ0n) is 10.8. The Balaban J connectivity index is 1.98. The van der Waals surface area contributed by atoms with Gasteiger partial charge in [0.05, 0.1) is 11.3 Å². The van der Waals surface area contributed by atoms with Gasteiger partial charge < -0.3 is 19.2 Å². The Hall–Kier alpha value is -2.30. The predicted octanol–water partition coefficient (Wildman–Crippen LogP) is 1.16. The normalized spacial score (nSPS) is 10.4. The quantitative estimate of drug-likeness (QED) is 0.806. The van der Waals surface area contributed by atoms with Crippen LogP contribution in [0.1, 0.15) is 22.6 Å². The van der Waals surface area contributed by atoms with Crippen LogP contribution in [0.25, 0.3) is 0 Å². The molecule has 0 radical (unpaired) electrons. The fourth-order valence-electron chi connectivity index (χ4n) is 1.73. The first kappa shape index (κ1) is 13.1. The molecule has 1 aromatic heterocycles. The van der Waals surface area contributed by atoms with Crippen molar-refractivity contribution in [3.05, 3.63) is 46.8 Å². The Morgan fingerprint density at radius 3 is 2.53 bits per heavy atom. The number of carbonyl (C=O) groups excluding carboxylic acids is 1. The molecule has 0 aliphatic heterocycles. The highest BCUT2D eigenvalue weighted by Gasteiger charge is 2.09. The van der Waals surface area contributed by atoms with Crippen molar-refractivity contribution >= 4 is 5.97 Å². The third kappa shape index (κ3) is 3.34. The molecule has 0 fully saturated rings. The van der Waals surface area contributed by atoms with Gasteiger partial charge in [-0.05, 0) is 31.5 Å². The number of benzene rings is 1. The smallest absolute Gasteiger partial charge is 0.140 e. The average molecular weight is 260 g/mol. The van der Waals surface area contributed by atoms with Crippen LogP contribution in [0.5, 0.6) is 5.75 Å². The van der Waals surface area contributed by atoms with Crippen molar-refractivity contribution in [2.24, 2.45) is 0 Å². The summed E-state index contributed by atoms with van der Waals surface area (Å²) in [4.78, 5) is 10.5. The standard InChI is InChI=1S/C14H15NO4/c1-9-13(10(2)19-15-9)8-18-12-5-3-11(4-6-12)7-14(16)17/h3-6H,7-8H2,1-2H3,(H,16,17)/p-1. The Bertz CT molecular complexity index is 552. The largest absolute Gasteiger partial charge is 0.550 e. The number of rotatable bonds is 5. The maximum Gasteiger partial charge on any atom is 0.140 e. The first-order valence-corrected chi connectivity index (χ1v) is 5.89. The molecule has 5 heteroatoms. The number of aliphatic carboxylic acids is 1. The van der Waals surface area contributed by atoms with Gasteiger partial charge in [0.15, 0.2) is 0 Å². The molecule has 0 aliphatic carbocycles. The van der Waals surface area contributed by atoms with Gasteiger partial charge in [-0.3, -0.25) is 0 Å². The number of carboxylic acids is 1. The highest BCUT2D eigenvalue weighted by Crippen LogP contribution is 2.17. The maximum absolute atomic E-state index is 10.5. The van der Waals surface area contributed by atoms with Gasteiger partial charge in [-0.1, -0.05) is 17.3 Å². The van der Waals surface area contributed by atoms with E-state index in [-0.39, 0.29) is 6.42 Å². The minimum Gasteiger partial charge on any atom is -0.550 e. The summed E-state index contributed by atoms with van der Waals surface area (Å²) < 4.78 is 10.7. The highest BCUT2D eigenvalue weighted by molar-refractivity contribution is 5.67. The Labute approximate surface area is 110 Å². The van der Waals surface area contributed by atoms with Crippen LogP contribution < -0.4 is 9.84 Å². The van der Waals surface area contributed by atoms with Gasteiger partial charge in [0, 0.05) is 12.4 Å². The molecule has 100 valence electrons. The lowest BCUT2D eigenvalue weighted by molar-refractivity contribution is -0.304. The molecule has 1 aromatic carbocycles. The fraction of sp³-hybridized carbons (Fsp3) is 0.286. The summed E-state index contributed by atoms with van der Waals surface area (Å²) in [5.74, 6) is 0.317. The molecule has 2 rings (SSSR count). The number of carboxylic acid groups (broad SMARTS) is 1. The number of aryl methyl sites for hydroxylation is 2. The molecule has 2 aromatic rings. The number of carbonyl (C=O) groups is 1. The monoisotopic (exact) mass is 260 g/mol. The summed E-state index contributed by atoms with van der Waals surface area (Å²) >= 11 is 0. The van der Waals surface area contributed by atoms with E-state index in [1.807, 2.05) is 13.8 Å². The van der Waals surface area contributed by atoms with E-state index < -0.39 is 5.97 Å². The van der Waals surface area contributed by atoms with Crippen molar-refractivity contribution in [3.63, 3.8) is 0 Å². The molecule has 0 atom stereocenters. The van der Waals surface area contributed by atoms with Gasteiger partial charge in [-0.25, -0.2) is 0 Å². The van der Waals surface area contributed by atoms with E-state index in [0.29, 0.717) is 17.9 Å². The SMILES string of the molecule is Cc1noc(C)c1COc1ccc(CC(=O)[O-])cc1. The summed E-state index contributed by atoms with van der Waals surface area (Å²) in [7, 11) is 0. The molecule has 5 nitrogen and oxygen atoms in total. The predicted molar refractivity (Wildman–Crippen MR) is 65.5 cm³/mol. The molecule has 0 saturated heterocycles. The summed E-state index contributed by atoms with van der Waals surface area (Å²) in [6.07, 6.45) is -0.0931. The van der Waals surface area contributed by atoms with E-state index >= 15 is 0 Å². The van der Waals surface area contributed by atoms with Gasteiger partial charge in [0.2, 0.25) is 0 Å². The van der Waals surface area contributed by atoms with Gasteiger partial charge in [-0.2, -0.15) is 0 Å². The molecule has 0 spiro atoms. The highest BCUT2D eigenvalue weighted by atomic mass is 16.5. The molecule has 0 unspecified atom stereocenters. The second kappa shape index (κ2) is 5.56. The summed E-state index contributed by atoms with van der Waals surface area (Å²) in [6.45, 7) is 4.07. The van der Waals surface area contributed by atoms with E-state index in [4.69, 9.17) is 9.26 Å². The number of ether oxygens (including phenoxy) is 1. The van der Waals surface area contributed by atoms with Crippen molar-refractivity contribution in [2.45, 2.75) is 26.9 Å². The van der Waals surface area contributed by atoms with Crippen LogP contribution in [-0.4, -0.2) is 11.1 Å². The Morgan fingerprint density at radius 1 is 1.32 bits per heavy atom. The molecular formula is C14H14NO4-. The van der Waals surface area contributed by atoms with Gasteiger partial charge in [0.1, 0.15) is 18.1 Å². The summed E-state index contributed by atoms with van der Waals surface area (Å²) in [5.41, 5.74) is 2.43. The second-order valence-corrected chi connectivity index (χ2v) is 4.28. The lowest BCUT2D eigenvalue weighted by Gasteiger charge is -2.07. The van der Waals surface area contributed by atoms with E-state index in [1.165, 1.54) is 0 Å². The van der Waals surface area contributed by atoms with Gasteiger partial charge in [0.25, 0.3) is 0 Å². The Kier molecular flexibility index (Phi) is 3.85. The van der Waals surface area contributed by atoms with Crippen molar-refractivity contribution in [1.29, 1.82) is 0 Å². The van der Waals surface area contributed by atoms with Crippen molar-refractivity contribution in [3.8, 4) is 5.75 Å². The number of aromatic nitrogens is 1. The van der Waals surface area contributed by atoms with Crippen LogP contribution in [0.4, 0.5) is 0 Å². The minimum absolute atomic E-state index is 0.0931. The Morgan fingerprint density at radius 2 is 2.00 bits per heavy atom. The average Bonchev–Trinajstić information content (AvgIpc) is 2.68. The number of nitrogens with zero attached hydrogens (tertiary/aromatic N) is 1. The third-order valence-electron chi connectivity index (χ3n) is 2.84. The van der Waals surface area contributed by atoms with Crippen LogP contribution in [-0.2, 0) is 17.8 Å². The molecular weight excluding hydrogens is 246 g/mol. The van der Waals surface area contributed by atoms with Crippen LogP contribution in [0.15, 0.2) is 28.8 Å². The minimum atomic E-state index is -1.09. The third-order valence-corrected chi connectivity index (χ3v) is 2.84. The lowest BCUT2D eigenvalue weighted by Crippen LogP contribution is -2.24. The van der Waals surface area contributed by atoms with E-state index in [0.717, 1.165) is 17.0 Å². The van der Waals surface area contributed by atoms with Crippen LogP contribution in [0.2, 0.25) is 0 Å². The lowest BCUT2D eigenvalue weighted by atomic mass is 10.1. The van der Waals surface area contributed by atoms with Gasteiger partial charge in [-0.15, -0.1) is 0 Å². The zero-order valence-corrected chi connectivity index (χ0v) is 10.8. The molecule has 0 amide bonds. The van der Waals surface area contributed by atoms with Crippen LogP contribution in [0, 0.1) is 13.8 Å². The van der Waals surface area contributed by atoms with Gasteiger partial charge >= 0.3 is 0 Å². The summed E-state index contributed by atoms with van der Waals surface area (Å²) in [6, 6.07) is 6.88. The fourth-order valence-corrected chi connectivity index (χ4v) is 1.73. The second-order valence-electron chi connectivity index (χ2n) is 4.28. The van der Waals surface area contributed by atoms with Crippen molar-refractivity contribution < 1.29 is 19.2 Å². The maximum atomic E-state index is 10.5. The first-order chi connectivity index (χ1) is 9.06. The number of hydrogen-bond acceptors (Lipinski definition) is 5. The van der Waals surface area contributed by atoms with E-state index in [1.54, 1.807) is 24.3 Å². The molecule has 0 N–H and O–H groups in total. The molecule has 0 aliphatic rings. The molecule has 0 bridgehead atoms. The van der Waals surface area contributed by atoms with Crippen LogP contribution in [0.3, 0.4) is 0 Å². The van der Waals surface area contributed by atoms with Crippen molar-refractivity contribution in [1.82, 2.24) is 5.16 Å². The summed E-state index contributed by atoms with van der Waals surface area (Å²) in [5, 5.41) is 14.3. The molecule has 0 saturated carbocycles. The van der Waals surface area contributed by atoms with Crippen LogP contribution >= 0.6 is 0 Å². The number of hydrogen-bond donors (Lipinski definition) is 0. The molecule has 1 heterocycles.